The molecule has 1 aliphatic carbocycles. The van der Waals surface area contributed by atoms with Crippen molar-refractivity contribution in [1.82, 2.24) is 4.98 Å². The van der Waals surface area contributed by atoms with Crippen LogP contribution >= 0.6 is 0 Å². The lowest BCUT2D eigenvalue weighted by Crippen LogP contribution is -2.22. The van der Waals surface area contributed by atoms with Crippen LogP contribution < -0.4 is 16.4 Å². The highest BCUT2D eigenvalue weighted by Crippen LogP contribution is 2.21. The van der Waals surface area contributed by atoms with Crippen LogP contribution in [-0.2, 0) is 4.79 Å². The van der Waals surface area contributed by atoms with Gasteiger partial charge in [-0.15, -0.1) is 0 Å². The van der Waals surface area contributed by atoms with E-state index in [9.17, 15) is 4.79 Å². The molecule has 4 N–H and O–H groups in total. The summed E-state index contributed by atoms with van der Waals surface area (Å²) in [5.74, 6) is 0.877. The fourth-order valence-electron chi connectivity index (χ4n) is 2.50. The van der Waals surface area contributed by atoms with Gasteiger partial charge in [0.05, 0.1) is 11.9 Å². The molecule has 0 unspecified atom stereocenters. The van der Waals surface area contributed by atoms with E-state index in [0.29, 0.717) is 25.4 Å². The van der Waals surface area contributed by atoms with Crippen LogP contribution in [0.5, 0.6) is 0 Å². The van der Waals surface area contributed by atoms with Gasteiger partial charge in [0.25, 0.3) is 0 Å². The Kier molecular flexibility index (Phi) is 5.80. The highest BCUT2D eigenvalue weighted by atomic mass is 16.1. The molecule has 20 heavy (non-hydrogen) atoms. The molecule has 1 aliphatic rings. The molecule has 1 heterocycles. The van der Waals surface area contributed by atoms with Crippen molar-refractivity contribution in [1.29, 1.82) is 0 Å². The molecule has 0 saturated heterocycles. The number of carbonyl (C=O) groups is 1. The van der Waals surface area contributed by atoms with Crippen molar-refractivity contribution in [3.8, 4) is 0 Å². The number of nitrogens with zero attached hydrogens (tertiary/aromatic N) is 1. The molecule has 0 aromatic carbocycles. The van der Waals surface area contributed by atoms with Crippen LogP contribution in [0.1, 0.15) is 44.9 Å². The van der Waals surface area contributed by atoms with E-state index >= 15 is 0 Å². The number of anilines is 2. The zero-order chi connectivity index (χ0) is 14.2. The van der Waals surface area contributed by atoms with Crippen molar-refractivity contribution in [2.24, 2.45) is 5.73 Å². The maximum Gasteiger partial charge on any atom is 0.224 e. The van der Waals surface area contributed by atoms with Crippen LogP contribution in [0.25, 0.3) is 0 Å². The van der Waals surface area contributed by atoms with Gasteiger partial charge >= 0.3 is 0 Å². The molecule has 2 rings (SSSR count). The van der Waals surface area contributed by atoms with Gasteiger partial charge in [0.15, 0.2) is 0 Å². The Hall–Kier alpha value is -1.62. The highest BCUT2D eigenvalue weighted by molar-refractivity contribution is 5.90. The third kappa shape index (κ3) is 4.81. The predicted molar refractivity (Wildman–Crippen MR) is 81.7 cm³/mol. The van der Waals surface area contributed by atoms with Gasteiger partial charge in [-0.2, -0.15) is 0 Å². The molecular formula is C15H24N4O. The maximum atomic E-state index is 11.6. The van der Waals surface area contributed by atoms with Crippen LogP contribution in [0.2, 0.25) is 0 Å². The molecule has 5 heteroatoms. The molecule has 1 aromatic heterocycles. The number of hydrogen-bond acceptors (Lipinski definition) is 4. The van der Waals surface area contributed by atoms with Crippen molar-refractivity contribution in [2.45, 2.75) is 51.0 Å². The van der Waals surface area contributed by atoms with E-state index in [-0.39, 0.29) is 5.91 Å². The van der Waals surface area contributed by atoms with E-state index in [0.717, 1.165) is 11.5 Å². The zero-order valence-electron chi connectivity index (χ0n) is 11.9. The third-order valence-corrected chi connectivity index (χ3v) is 3.61. The lowest BCUT2D eigenvalue weighted by atomic mass is 9.95. The number of carbonyl (C=O) groups excluding carboxylic acids is 1. The molecule has 1 aromatic rings. The first-order valence-corrected chi connectivity index (χ1v) is 7.50. The van der Waals surface area contributed by atoms with E-state index in [4.69, 9.17) is 5.73 Å². The summed E-state index contributed by atoms with van der Waals surface area (Å²) in [6.07, 6.45) is 9.25. The van der Waals surface area contributed by atoms with E-state index in [2.05, 4.69) is 15.6 Å². The van der Waals surface area contributed by atoms with E-state index in [1.807, 2.05) is 12.1 Å². The fourth-order valence-corrected chi connectivity index (χ4v) is 2.50. The summed E-state index contributed by atoms with van der Waals surface area (Å²) in [5.41, 5.74) is 6.12. The molecule has 1 saturated carbocycles. The van der Waals surface area contributed by atoms with Gasteiger partial charge in [-0.05, 0) is 37.9 Å². The van der Waals surface area contributed by atoms with Gasteiger partial charge in [0.2, 0.25) is 5.91 Å². The Morgan fingerprint density at radius 1 is 1.30 bits per heavy atom. The first-order valence-electron chi connectivity index (χ1n) is 7.50. The van der Waals surface area contributed by atoms with Crippen molar-refractivity contribution >= 4 is 17.4 Å². The minimum atomic E-state index is -0.00904. The Morgan fingerprint density at radius 3 is 2.75 bits per heavy atom. The Balaban J connectivity index is 1.81. The van der Waals surface area contributed by atoms with Crippen LogP contribution in [0.15, 0.2) is 18.3 Å². The second-order valence-electron chi connectivity index (χ2n) is 5.35. The number of nitrogens with two attached hydrogens (primary N) is 1. The molecule has 110 valence electrons. The summed E-state index contributed by atoms with van der Waals surface area (Å²) in [5, 5.41) is 6.28. The monoisotopic (exact) mass is 276 g/mol. The summed E-state index contributed by atoms with van der Waals surface area (Å²) in [4.78, 5) is 15.9. The fraction of sp³-hybridized carbons (Fsp3) is 0.600. The first-order chi connectivity index (χ1) is 9.78. The molecule has 5 nitrogen and oxygen atoms in total. The molecule has 1 fully saturated rings. The number of nitrogens with one attached hydrogen (secondary N) is 2. The van der Waals surface area contributed by atoms with Crippen LogP contribution in [-0.4, -0.2) is 23.5 Å². The Labute approximate surface area is 120 Å². The second-order valence-corrected chi connectivity index (χ2v) is 5.35. The van der Waals surface area contributed by atoms with Gasteiger partial charge in [0, 0.05) is 12.5 Å². The van der Waals surface area contributed by atoms with Crippen LogP contribution in [0.3, 0.4) is 0 Å². The quantitative estimate of drug-likeness (QED) is 0.746. The molecule has 0 aliphatic heterocycles. The SMILES string of the molecule is NCCCC(=O)Nc1ccc(NC2CCCCC2)nc1. The number of rotatable bonds is 6. The lowest BCUT2D eigenvalue weighted by Gasteiger charge is -2.23. The summed E-state index contributed by atoms with van der Waals surface area (Å²) in [6, 6.07) is 4.35. The summed E-state index contributed by atoms with van der Waals surface area (Å²) >= 11 is 0. The van der Waals surface area contributed by atoms with Crippen molar-refractivity contribution in [3.05, 3.63) is 18.3 Å². The zero-order valence-corrected chi connectivity index (χ0v) is 11.9. The Bertz CT molecular complexity index is 412. The van der Waals surface area contributed by atoms with Gasteiger partial charge in [-0.1, -0.05) is 19.3 Å². The minimum Gasteiger partial charge on any atom is -0.367 e. The molecule has 0 radical (unpaired) electrons. The highest BCUT2D eigenvalue weighted by Gasteiger charge is 2.13. The smallest absolute Gasteiger partial charge is 0.224 e. The third-order valence-electron chi connectivity index (χ3n) is 3.61. The largest absolute Gasteiger partial charge is 0.367 e. The maximum absolute atomic E-state index is 11.6. The second kappa shape index (κ2) is 7.85. The molecular weight excluding hydrogens is 252 g/mol. The van der Waals surface area contributed by atoms with Gasteiger partial charge < -0.3 is 16.4 Å². The topological polar surface area (TPSA) is 80.0 Å². The van der Waals surface area contributed by atoms with Gasteiger partial charge in [-0.25, -0.2) is 4.98 Å². The summed E-state index contributed by atoms with van der Waals surface area (Å²) < 4.78 is 0. The average Bonchev–Trinajstić information content (AvgIpc) is 2.48. The first kappa shape index (κ1) is 14.8. The summed E-state index contributed by atoms with van der Waals surface area (Å²) in [6.45, 7) is 0.538. The van der Waals surface area contributed by atoms with Crippen molar-refractivity contribution < 1.29 is 4.79 Å². The summed E-state index contributed by atoms with van der Waals surface area (Å²) in [7, 11) is 0. The van der Waals surface area contributed by atoms with Crippen molar-refractivity contribution in [3.63, 3.8) is 0 Å². The molecule has 1 amide bonds. The average molecular weight is 276 g/mol. The normalized spacial score (nSPS) is 15.8. The van der Waals surface area contributed by atoms with Crippen LogP contribution in [0.4, 0.5) is 11.5 Å². The van der Waals surface area contributed by atoms with Gasteiger partial charge in [-0.3, -0.25) is 4.79 Å². The van der Waals surface area contributed by atoms with Crippen LogP contribution in [0, 0.1) is 0 Å². The van der Waals surface area contributed by atoms with E-state index in [1.54, 1.807) is 6.20 Å². The minimum absolute atomic E-state index is 0.00904. The van der Waals surface area contributed by atoms with Gasteiger partial charge in [0.1, 0.15) is 5.82 Å². The lowest BCUT2D eigenvalue weighted by molar-refractivity contribution is -0.116. The molecule has 0 bridgehead atoms. The van der Waals surface area contributed by atoms with E-state index < -0.39 is 0 Å². The van der Waals surface area contributed by atoms with Crippen molar-refractivity contribution in [2.75, 3.05) is 17.2 Å². The number of aromatic nitrogens is 1. The number of pyridine rings is 1. The molecule has 0 atom stereocenters. The molecule has 0 spiro atoms. The Morgan fingerprint density at radius 2 is 2.10 bits per heavy atom. The number of amides is 1. The predicted octanol–water partition coefficient (Wildman–Crippen LogP) is 2.50. The standard InChI is InChI=1S/C15H24N4O/c16-10-4-7-15(20)19-13-8-9-14(17-11-13)18-12-5-2-1-3-6-12/h8-9,11-12H,1-7,10,16H2,(H,17,18)(H,19,20). The van der Waals surface area contributed by atoms with E-state index in [1.165, 1.54) is 32.1 Å². The number of hydrogen-bond donors (Lipinski definition) is 3.